The van der Waals surface area contributed by atoms with Crippen molar-refractivity contribution in [3.63, 3.8) is 0 Å². The molecule has 0 radical (unpaired) electrons. The van der Waals surface area contributed by atoms with Crippen LogP contribution in [-0.4, -0.2) is 48.2 Å². The number of nitrogens with one attached hydrogen (secondary N) is 2. The Morgan fingerprint density at radius 1 is 1.03 bits per heavy atom. The molecule has 1 atom stereocenters. The smallest absolute Gasteiger partial charge is 0.256 e. The number of likely N-dealkylation sites (N-methyl/N-ethyl adjacent to an activating group) is 1. The third-order valence-electron chi connectivity index (χ3n) is 7.04. The molecule has 0 saturated heterocycles. The predicted molar refractivity (Wildman–Crippen MR) is 152 cm³/mol. The molecule has 1 aliphatic heterocycles. The number of aromatic hydroxyl groups is 1. The van der Waals surface area contributed by atoms with Crippen LogP contribution >= 0.6 is 17.0 Å². The fourth-order valence-corrected chi connectivity index (χ4v) is 4.61. The molecule has 7 nitrogen and oxygen atoms in total. The van der Waals surface area contributed by atoms with Crippen molar-refractivity contribution in [2.75, 3.05) is 20.7 Å². The van der Waals surface area contributed by atoms with Gasteiger partial charge in [-0.05, 0) is 47.1 Å². The standard InChI is InChI=1S/C29H39N3O4.BrH/c1-27(2,3)21-12-18(13-22(24(21)34)28(4,5)6)23(33)16-32-15-17-10-11-19(14-20(17)25(32)30)29(7,36-9)26(35)31-8;/h10-14,30,34H,15-16H2,1-9H3,(H,31,35);1H. The molecular weight excluding hydrogens is 534 g/mol. The summed E-state index contributed by atoms with van der Waals surface area (Å²) in [6, 6.07) is 9.09. The summed E-state index contributed by atoms with van der Waals surface area (Å²) in [5, 5.41) is 22.4. The van der Waals surface area contributed by atoms with Crippen LogP contribution in [0.2, 0.25) is 0 Å². The van der Waals surface area contributed by atoms with E-state index in [4.69, 9.17) is 10.1 Å². The minimum Gasteiger partial charge on any atom is -0.507 e. The summed E-state index contributed by atoms with van der Waals surface area (Å²) in [5.41, 5.74) is 2.37. The van der Waals surface area contributed by atoms with Gasteiger partial charge < -0.3 is 20.1 Å². The Kier molecular flexibility index (Phi) is 8.72. The average molecular weight is 575 g/mol. The predicted octanol–water partition coefficient (Wildman–Crippen LogP) is 5.20. The number of carbonyl (C=O) groups is 2. The molecule has 1 heterocycles. The number of nitrogens with zero attached hydrogens (tertiary/aromatic N) is 1. The lowest BCUT2D eigenvalue weighted by molar-refractivity contribution is -0.142. The van der Waals surface area contributed by atoms with Gasteiger partial charge in [0.1, 0.15) is 11.6 Å². The van der Waals surface area contributed by atoms with E-state index in [1.165, 1.54) is 7.11 Å². The number of benzene rings is 2. The van der Waals surface area contributed by atoms with Crippen LogP contribution in [0.1, 0.15) is 86.6 Å². The maximum Gasteiger partial charge on any atom is 0.256 e. The van der Waals surface area contributed by atoms with Crippen LogP contribution < -0.4 is 5.32 Å². The summed E-state index contributed by atoms with van der Waals surface area (Å²) in [6.07, 6.45) is 0. The third-order valence-corrected chi connectivity index (χ3v) is 7.04. The molecule has 202 valence electrons. The molecule has 0 bridgehead atoms. The SMILES string of the molecule is Br.CNC(=O)C(C)(OC)c1ccc2c(c1)C(=N)N(CC(=O)c1cc(C(C)(C)C)c(O)c(C(C)(C)C)c1)C2. The quantitative estimate of drug-likeness (QED) is 0.412. The Balaban J connectivity index is 0.00000481. The molecule has 3 N–H and O–H groups in total. The van der Waals surface area contributed by atoms with Gasteiger partial charge in [-0.1, -0.05) is 53.7 Å². The van der Waals surface area contributed by atoms with Crippen LogP contribution in [-0.2, 0) is 32.5 Å². The fraction of sp³-hybridized carbons (Fsp3) is 0.483. The summed E-state index contributed by atoms with van der Waals surface area (Å²) >= 11 is 0. The topological polar surface area (TPSA) is 103 Å². The maximum atomic E-state index is 13.5. The van der Waals surface area contributed by atoms with Gasteiger partial charge in [-0.2, -0.15) is 0 Å². The van der Waals surface area contributed by atoms with E-state index < -0.39 is 5.60 Å². The molecule has 0 fully saturated rings. The number of ether oxygens (including phenoxy) is 1. The molecule has 1 amide bonds. The lowest BCUT2D eigenvalue weighted by atomic mass is 9.78. The number of phenolic OH excluding ortho intramolecular Hbond substituents is 1. The molecule has 1 unspecified atom stereocenters. The minimum absolute atomic E-state index is 0. The number of hydrogen-bond acceptors (Lipinski definition) is 5. The van der Waals surface area contributed by atoms with E-state index in [9.17, 15) is 14.7 Å². The second-order valence-corrected chi connectivity index (χ2v) is 11.7. The number of halogens is 1. The maximum absolute atomic E-state index is 13.5. The van der Waals surface area contributed by atoms with Crippen LogP contribution in [0.5, 0.6) is 5.75 Å². The average Bonchev–Trinajstić information content (AvgIpc) is 3.10. The van der Waals surface area contributed by atoms with Crippen molar-refractivity contribution in [3.05, 3.63) is 63.7 Å². The molecule has 3 rings (SSSR count). The summed E-state index contributed by atoms with van der Waals surface area (Å²) < 4.78 is 5.54. The van der Waals surface area contributed by atoms with E-state index in [2.05, 4.69) is 5.32 Å². The van der Waals surface area contributed by atoms with Crippen molar-refractivity contribution in [1.82, 2.24) is 10.2 Å². The lowest BCUT2D eigenvalue weighted by Crippen LogP contribution is -2.42. The normalized spacial score (nSPS) is 15.1. The zero-order valence-corrected chi connectivity index (χ0v) is 25.0. The molecule has 0 saturated carbocycles. The first-order valence-electron chi connectivity index (χ1n) is 12.2. The van der Waals surface area contributed by atoms with Gasteiger partial charge in [0, 0.05) is 43.0 Å². The number of hydrogen-bond donors (Lipinski definition) is 3. The molecule has 2 aromatic rings. The Bertz CT molecular complexity index is 1190. The van der Waals surface area contributed by atoms with Crippen molar-refractivity contribution in [1.29, 1.82) is 5.41 Å². The summed E-state index contributed by atoms with van der Waals surface area (Å²) in [7, 11) is 3.04. The van der Waals surface area contributed by atoms with E-state index in [0.29, 0.717) is 23.2 Å². The number of methoxy groups -OCH3 is 1. The zero-order chi connectivity index (χ0) is 27.2. The van der Waals surface area contributed by atoms with Gasteiger partial charge in [-0.25, -0.2) is 0 Å². The molecule has 8 heteroatoms. The Hall–Kier alpha value is -2.71. The minimum atomic E-state index is -1.19. The van der Waals surface area contributed by atoms with Gasteiger partial charge >= 0.3 is 0 Å². The van der Waals surface area contributed by atoms with Gasteiger partial charge in [0.2, 0.25) is 0 Å². The molecule has 0 spiro atoms. The van der Waals surface area contributed by atoms with Crippen molar-refractivity contribution < 1.29 is 19.4 Å². The largest absolute Gasteiger partial charge is 0.507 e. The molecule has 37 heavy (non-hydrogen) atoms. The van der Waals surface area contributed by atoms with E-state index in [1.807, 2.05) is 53.7 Å². The number of fused-ring (bicyclic) bond motifs is 1. The highest BCUT2D eigenvalue weighted by Gasteiger charge is 2.37. The highest BCUT2D eigenvalue weighted by Crippen LogP contribution is 2.40. The van der Waals surface area contributed by atoms with E-state index in [0.717, 1.165) is 16.7 Å². The van der Waals surface area contributed by atoms with Crippen molar-refractivity contribution in [3.8, 4) is 5.75 Å². The van der Waals surface area contributed by atoms with Crippen LogP contribution in [0.15, 0.2) is 30.3 Å². The van der Waals surface area contributed by atoms with Crippen LogP contribution in [0.4, 0.5) is 0 Å². The van der Waals surface area contributed by atoms with Gasteiger partial charge in [-0.15, -0.1) is 17.0 Å². The molecular formula is C29H40BrN3O4. The summed E-state index contributed by atoms with van der Waals surface area (Å²) in [5.74, 6) is 0.0770. The Morgan fingerprint density at radius 2 is 1.57 bits per heavy atom. The monoisotopic (exact) mass is 573 g/mol. The number of phenols is 1. The van der Waals surface area contributed by atoms with Gasteiger partial charge in [-0.3, -0.25) is 15.0 Å². The number of Topliss-reactive ketones (excluding diaryl/α,β-unsaturated/α-hetero) is 1. The number of carbonyl (C=O) groups excluding carboxylic acids is 2. The van der Waals surface area contributed by atoms with E-state index in [-0.39, 0.29) is 57.6 Å². The van der Waals surface area contributed by atoms with Gasteiger partial charge in [0.15, 0.2) is 11.4 Å². The third kappa shape index (κ3) is 5.75. The van der Waals surface area contributed by atoms with Crippen LogP contribution in [0.3, 0.4) is 0 Å². The molecule has 1 aliphatic rings. The number of ketones is 1. The Labute approximate surface area is 230 Å². The first-order chi connectivity index (χ1) is 16.5. The van der Waals surface area contributed by atoms with Crippen LogP contribution in [0.25, 0.3) is 0 Å². The first-order valence-corrected chi connectivity index (χ1v) is 12.2. The van der Waals surface area contributed by atoms with Crippen molar-refractivity contribution in [2.45, 2.75) is 71.4 Å². The molecule has 0 aromatic heterocycles. The van der Waals surface area contributed by atoms with E-state index in [1.54, 1.807) is 37.1 Å². The van der Waals surface area contributed by atoms with E-state index >= 15 is 0 Å². The lowest BCUT2D eigenvalue weighted by Gasteiger charge is -2.28. The highest BCUT2D eigenvalue weighted by molar-refractivity contribution is 8.93. The summed E-state index contributed by atoms with van der Waals surface area (Å²) in [4.78, 5) is 27.7. The number of amides is 1. The van der Waals surface area contributed by atoms with Crippen molar-refractivity contribution >= 4 is 34.5 Å². The highest BCUT2D eigenvalue weighted by atomic mass is 79.9. The van der Waals surface area contributed by atoms with Gasteiger partial charge in [0.05, 0.1) is 6.54 Å². The van der Waals surface area contributed by atoms with Crippen molar-refractivity contribution in [2.24, 2.45) is 0 Å². The zero-order valence-electron chi connectivity index (χ0n) is 23.3. The second kappa shape index (κ2) is 10.6. The second-order valence-electron chi connectivity index (χ2n) is 11.7. The fourth-order valence-electron chi connectivity index (χ4n) is 4.61. The van der Waals surface area contributed by atoms with Crippen LogP contribution in [0, 0.1) is 5.41 Å². The first kappa shape index (κ1) is 30.5. The van der Waals surface area contributed by atoms with Gasteiger partial charge in [0.25, 0.3) is 5.91 Å². The number of amidine groups is 1. The Morgan fingerprint density at radius 3 is 2.03 bits per heavy atom. The number of rotatable bonds is 6. The summed E-state index contributed by atoms with van der Waals surface area (Å²) in [6.45, 7) is 14.2. The molecule has 0 aliphatic carbocycles. The molecule has 2 aromatic carbocycles.